The van der Waals surface area contributed by atoms with Gasteiger partial charge in [0.25, 0.3) is 0 Å². The summed E-state index contributed by atoms with van der Waals surface area (Å²) in [4.78, 5) is 0.321. The first-order valence-corrected chi connectivity index (χ1v) is 9.12. The Hall–Kier alpha value is -0.560. The van der Waals surface area contributed by atoms with Gasteiger partial charge in [-0.15, -0.1) is 0 Å². The highest BCUT2D eigenvalue weighted by atomic mass is 32.2. The second kappa shape index (κ2) is 6.26. The third-order valence-electron chi connectivity index (χ3n) is 3.34. The predicted molar refractivity (Wildman–Crippen MR) is 79.8 cm³/mol. The quantitative estimate of drug-likeness (QED) is 0.864. The zero-order chi connectivity index (χ0) is 13.9. The molecular weight excluding hydrogens is 280 g/mol. The van der Waals surface area contributed by atoms with Crippen molar-refractivity contribution in [1.82, 2.24) is 4.72 Å². The maximum Gasteiger partial charge on any atom is 0.240 e. The van der Waals surface area contributed by atoms with Gasteiger partial charge in [0.1, 0.15) is 0 Å². The Morgan fingerprint density at radius 3 is 2.79 bits per heavy atom. The molecule has 1 fully saturated rings. The Morgan fingerprint density at radius 1 is 1.42 bits per heavy atom. The van der Waals surface area contributed by atoms with E-state index in [1.807, 2.05) is 13.0 Å². The summed E-state index contributed by atoms with van der Waals surface area (Å²) in [7, 11) is -3.42. The van der Waals surface area contributed by atoms with Crippen LogP contribution in [0.25, 0.3) is 0 Å². The molecule has 2 rings (SSSR count). The molecule has 0 aliphatic carbocycles. The number of benzene rings is 1. The van der Waals surface area contributed by atoms with Crippen molar-refractivity contribution in [2.45, 2.75) is 37.2 Å². The molecule has 6 heteroatoms. The van der Waals surface area contributed by atoms with E-state index in [0.29, 0.717) is 11.4 Å². The lowest BCUT2D eigenvalue weighted by Gasteiger charge is -2.14. The van der Waals surface area contributed by atoms with Gasteiger partial charge in [-0.25, -0.2) is 13.1 Å². The highest BCUT2D eigenvalue weighted by Gasteiger charge is 2.23. The molecule has 106 valence electrons. The monoisotopic (exact) mass is 300 g/mol. The molecule has 1 heterocycles. The molecule has 0 amide bonds. The van der Waals surface area contributed by atoms with Crippen LogP contribution in [0.5, 0.6) is 0 Å². The highest BCUT2D eigenvalue weighted by Crippen LogP contribution is 2.21. The van der Waals surface area contributed by atoms with E-state index in [9.17, 15) is 8.42 Å². The fourth-order valence-electron chi connectivity index (χ4n) is 2.22. The van der Waals surface area contributed by atoms with Crippen LogP contribution in [0.3, 0.4) is 0 Å². The van der Waals surface area contributed by atoms with E-state index in [4.69, 9.17) is 5.73 Å². The van der Waals surface area contributed by atoms with Gasteiger partial charge in [0, 0.05) is 18.3 Å². The number of aryl methyl sites for hydroxylation is 1. The average Bonchev–Trinajstić information content (AvgIpc) is 2.89. The summed E-state index contributed by atoms with van der Waals surface area (Å²) in [6.07, 6.45) is 1.76. The van der Waals surface area contributed by atoms with Crippen LogP contribution in [0.2, 0.25) is 0 Å². The summed E-state index contributed by atoms with van der Waals surface area (Å²) < 4.78 is 27.4. The minimum absolute atomic E-state index is 0.0576. The van der Waals surface area contributed by atoms with Gasteiger partial charge >= 0.3 is 0 Å². The fourth-order valence-corrected chi connectivity index (χ4v) is 4.80. The molecule has 1 unspecified atom stereocenters. The van der Waals surface area contributed by atoms with Gasteiger partial charge in [-0.3, -0.25) is 0 Å². The van der Waals surface area contributed by atoms with Crippen molar-refractivity contribution in [2.24, 2.45) is 5.73 Å². The summed E-state index contributed by atoms with van der Waals surface area (Å²) in [5.41, 5.74) is 7.70. The van der Waals surface area contributed by atoms with E-state index in [2.05, 4.69) is 4.72 Å². The molecule has 0 aromatic heterocycles. The van der Waals surface area contributed by atoms with Gasteiger partial charge < -0.3 is 5.73 Å². The van der Waals surface area contributed by atoms with E-state index in [-0.39, 0.29) is 6.04 Å². The Morgan fingerprint density at radius 2 is 2.21 bits per heavy atom. The molecule has 0 spiro atoms. The molecule has 1 saturated heterocycles. The van der Waals surface area contributed by atoms with Crippen molar-refractivity contribution in [3.05, 3.63) is 29.3 Å². The van der Waals surface area contributed by atoms with Gasteiger partial charge in [-0.2, -0.15) is 11.8 Å². The molecule has 0 bridgehead atoms. The zero-order valence-electron chi connectivity index (χ0n) is 11.1. The predicted octanol–water partition coefficient (Wildman–Crippen LogP) is 1.49. The molecule has 0 radical (unpaired) electrons. The molecular formula is C13H20N2O2S2. The SMILES string of the molecule is CCc1ccc(S(=O)(=O)NC2CCSC2)cc1CN. The summed E-state index contributed by atoms with van der Waals surface area (Å²) in [5.74, 6) is 1.88. The molecule has 19 heavy (non-hydrogen) atoms. The summed E-state index contributed by atoms with van der Waals surface area (Å²) in [6, 6.07) is 5.29. The van der Waals surface area contributed by atoms with E-state index >= 15 is 0 Å². The first-order valence-electron chi connectivity index (χ1n) is 6.48. The molecule has 1 aromatic carbocycles. The van der Waals surface area contributed by atoms with Gasteiger partial charge in [0.15, 0.2) is 0 Å². The molecule has 3 N–H and O–H groups in total. The second-order valence-corrected chi connectivity index (χ2v) is 7.53. The zero-order valence-corrected chi connectivity index (χ0v) is 12.7. The number of hydrogen-bond donors (Lipinski definition) is 2. The maximum absolute atomic E-state index is 12.3. The van der Waals surface area contributed by atoms with Gasteiger partial charge in [-0.1, -0.05) is 13.0 Å². The van der Waals surface area contributed by atoms with E-state index in [0.717, 1.165) is 35.5 Å². The van der Waals surface area contributed by atoms with Crippen LogP contribution >= 0.6 is 11.8 Å². The van der Waals surface area contributed by atoms with Gasteiger partial charge in [0.05, 0.1) is 4.90 Å². The number of thioether (sulfide) groups is 1. The molecule has 0 saturated carbocycles. The Labute approximate surface area is 119 Å². The van der Waals surface area contributed by atoms with Crippen LogP contribution in [0.1, 0.15) is 24.5 Å². The van der Waals surface area contributed by atoms with Crippen molar-refractivity contribution < 1.29 is 8.42 Å². The molecule has 1 atom stereocenters. The van der Waals surface area contributed by atoms with E-state index in [1.54, 1.807) is 23.9 Å². The van der Waals surface area contributed by atoms with Crippen LogP contribution in [0, 0.1) is 0 Å². The molecule has 1 aliphatic rings. The minimum atomic E-state index is -3.42. The Balaban J connectivity index is 2.24. The number of nitrogens with one attached hydrogen (secondary N) is 1. The Bertz CT molecular complexity index is 538. The van der Waals surface area contributed by atoms with Crippen molar-refractivity contribution in [3.8, 4) is 0 Å². The smallest absolute Gasteiger partial charge is 0.240 e. The molecule has 4 nitrogen and oxygen atoms in total. The third kappa shape index (κ3) is 3.51. The van der Waals surface area contributed by atoms with Crippen molar-refractivity contribution >= 4 is 21.8 Å². The second-order valence-electron chi connectivity index (χ2n) is 4.67. The van der Waals surface area contributed by atoms with E-state index in [1.165, 1.54) is 0 Å². The summed E-state index contributed by atoms with van der Waals surface area (Å²) >= 11 is 1.78. The lowest BCUT2D eigenvalue weighted by molar-refractivity contribution is 0.563. The number of sulfonamides is 1. The normalized spacial score (nSPS) is 19.8. The minimum Gasteiger partial charge on any atom is -0.326 e. The van der Waals surface area contributed by atoms with Crippen molar-refractivity contribution in [1.29, 1.82) is 0 Å². The largest absolute Gasteiger partial charge is 0.326 e. The number of nitrogens with two attached hydrogens (primary N) is 1. The topological polar surface area (TPSA) is 72.2 Å². The van der Waals surface area contributed by atoms with Crippen LogP contribution < -0.4 is 10.5 Å². The van der Waals surface area contributed by atoms with Crippen LogP contribution in [-0.4, -0.2) is 26.0 Å². The van der Waals surface area contributed by atoms with Crippen molar-refractivity contribution in [2.75, 3.05) is 11.5 Å². The standard InChI is InChI=1S/C13H20N2O2S2/c1-2-10-3-4-13(7-11(10)8-14)19(16,17)15-12-5-6-18-9-12/h3-4,7,12,15H,2,5-6,8-9,14H2,1H3. The first kappa shape index (κ1) is 14.8. The highest BCUT2D eigenvalue weighted by molar-refractivity contribution is 7.99. The fraction of sp³-hybridized carbons (Fsp3) is 0.538. The van der Waals surface area contributed by atoms with Crippen LogP contribution in [0.15, 0.2) is 23.1 Å². The lowest BCUT2D eigenvalue weighted by Crippen LogP contribution is -2.34. The van der Waals surface area contributed by atoms with Crippen LogP contribution in [-0.2, 0) is 23.0 Å². The van der Waals surface area contributed by atoms with Gasteiger partial charge in [-0.05, 0) is 41.9 Å². The van der Waals surface area contributed by atoms with Crippen LogP contribution in [0.4, 0.5) is 0 Å². The third-order valence-corrected chi connectivity index (χ3v) is 6.02. The first-order chi connectivity index (χ1) is 9.06. The summed E-state index contributed by atoms with van der Waals surface area (Å²) in [6.45, 7) is 2.41. The molecule has 1 aromatic rings. The van der Waals surface area contributed by atoms with Crippen molar-refractivity contribution in [3.63, 3.8) is 0 Å². The lowest BCUT2D eigenvalue weighted by atomic mass is 10.1. The average molecular weight is 300 g/mol. The van der Waals surface area contributed by atoms with Gasteiger partial charge in [0.2, 0.25) is 10.0 Å². The summed E-state index contributed by atoms with van der Waals surface area (Å²) in [5, 5.41) is 0. The number of rotatable bonds is 5. The molecule has 1 aliphatic heterocycles. The Kier molecular flexibility index (Phi) is 4.89. The number of hydrogen-bond acceptors (Lipinski definition) is 4. The maximum atomic E-state index is 12.3. The van der Waals surface area contributed by atoms with E-state index < -0.39 is 10.0 Å².